The Morgan fingerprint density at radius 2 is 1.96 bits per heavy atom. The lowest BCUT2D eigenvalue weighted by molar-refractivity contribution is 0.0325. The van der Waals surface area contributed by atoms with Gasteiger partial charge in [0.05, 0.1) is 7.11 Å². The van der Waals surface area contributed by atoms with E-state index in [4.69, 9.17) is 13.9 Å². The summed E-state index contributed by atoms with van der Waals surface area (Å²) in [5.41, 5.74) is 0.620. The molecule has 3 aromatic rings. The number of para-hydroxylation sites is 1. The molecule has 2 unspecified atom stereocenters. The first-order valence-corrected chi connectivity index (χ1v) is 9.70. The highest BCUT2D eigenvalue weighted by atomic mass is 16.5. The van der Waals surface area contributed by atoms with Gasteiger partial charge in [-0.15, -0.1) is 0 Å². The highest BCUT2D eigenvalue weighted by Gasteiger charge is 2.45. The zero-order valence-electron chi connectivity index (χ0n) is 15.7. The van der Waals surface area contributed by atoms with Crippen LogP contribution in [0.4, 0.5) is 0 Å². The summed E-state index contributed by atoms with van der Waals surface area (Å²) in [6.45, 7) is 0. The van der Waals surface area contributed by atoms with Crippen LogP contribution < -0.4 is 9.47 Å². The molecule has 28 heavy (non-hydrogen) atoms. The van der Waals surface area contributed by atoms with Crippen molar-refractivity contribution in [2.24, 2.45) is 0 Å². The van der Waals surface area contributed by atoms with Crippen LogP contribution in [0.1, 0.15) is 36.2 Å². The summed E-state index contributed by atoms with van der Waals surface area (Å²) in [6.07, 6.45) is 5.47. The number of fused-ring (bicyclic) bond motifs is 3. The average molecular weight is 378 g/mol. The molecular formula is C22H22N2O4. The molecule has 6 heteroatoms. The minimum atomic E-state index is -0.0398. The molecule has 1 aromatic carbocycles. The monoisotopic (exact) mass is 378 g/mol. The third-order valence-corrected chi connectivity index (χ3v) is 5.79. The fraction of sp³-hybridized carbons (Fsp3) is 0.364. The summed E-state index contributed by atoms with van der Waals surface area (Å²) in [4.78, 5) is 19.5. The third kappa shape index (κ3) is 2.89. The Kier molecular flexibility index (Phi) is 4.19. The number of benzene rings is 1. The normalized spacial score (nSPS) is 23.8. The number of amides is 1. The van der Waals surface area contributed by atoms with Crippen molar-refractivity contribution in [3.63, 3.8) is 0 Å². The molecule has 2 atom stereocenters. The molecule has 2 aromatic heterocycles. The van der Waals surface area contributed by atoms with E-state index in [0.717, 1.165) is 31.1 Å². The van der Waals surface area contributed by atoms with Crippen LogP contribution in [0.25, 0.3) is 11.0 Å². The number of hydrogen-bond acceptors (Lipinski definition) is 5. The summed E-state index contributed by atoms with van der Waals surface area (Å²) >= 11 is 0. The minimum absolute atomic E-state index is 0.0398. The first-order chi connectivity index (χ1) is 13.7. The Balaban J connectivity index is 1.35. The second-order valence-electron chi connectivity index (χ2n) is 7.47. The second kappa shape index (κ2) is 6.86. The Morgan fingerprint density at radius 3 is 2.68 bits per heavy atom. The largest absolute Gasteiger partial charge is 0.493 e. The number of piperidine rings is 1. The first kappa shape index (κ1) is 17.1. The van der Waals surface area contributed by atoms with E-state index in [1.807, 2.05) is 47.4 Å². The van der Waals surface area contributed by atoms with Crippen LogP contribution in [0, 0.1) is 0 Å². The van der Waals surface area contributed by atoms with Crippen LogP contribution in [0.5, 0.6) is 11.6 Å². The van der Waals surface area contributed by atoms with Crippen molar-refractivity contribution in [3.8, 4) is 11.6 Å². The second-order valence-corrected chi connectivity index (χ2v) is 7.47. The molecule has 4 heterocycles. The molecule has 5 rings (SSSR count). The van der Waals surface area contributed by atoms with Gasteiger partial charge in [0.1, 0.15) is 6.10 Å². The van der Waals surface area contributed by atoms with Crippen LogP contribution in [0.3, 0.4) is 0 Å². The molecule has 1 amide bonds. The van der Waals surface area contributed by atoms with Gasteiger partial charge in [-0.05, 0) is 31.0 Å². The molecule has 2 bridgehead atoms. The standard InChI is InChI=1S/C22H22N2O4/c1-26-18-6-4-5-14-11-19(28-21(14)18)22(25)24-15-8-9-16(24)13-17(12-15)27-20-7-2-3-10-23-20/h2-7,10-11,15-17H,8-9,12-13H2,1H3. The van der Waals surface area contributed by atoms with Crippen LogP contribution in [0.15, 0.2) is 53.1 Å². The number of nitrogens with zero attached hydrogens (tertiary/aromatic N) is 2. The van der Waals surface area contributed by atoms with E-state index in [2.05, 4.69) is 4.98 Å². The lowest BCUT2D eigenvalue weighted by Crippen LogP contribution is -2.49. The zero-order chi connectivity index (χ0) is 19.1. The van der Waals surface area contributed by atoms with Crippen LogP contribution in [0.2, 0.25) is 0 Å². The molecule has 2 aliphatic heterocycles. The molecule has 0 spiro atoms. The molecule has 0 saturated carbocycles. The van der Waals surface area contributed by atoms with E-state index >= 15 is 0 Å². The first-order valence-electron chi connectivity index (χ1n) is 9.70. The quantitative estimate of drug-likeness (QED) is 0.685. The number of pyridine rings is 1. The number of aromatic nitrogens is 1. The van der Waals surface area contributed by atoms with Crippen molar-refractivity contribution >= 4 is 16.9 Å². The van der Waals surface area contributed by atoms with E-state index in [1.54, 1.807) is 13.3 Å². The Hall–Kier alpha value is -3.02. The van der Waals surface area contributed by atoms with Gasteiger partial charge in [-0.2, -0.15) is 0 Å². The maximum absolute atomic E-state index is 13.2. The third-order valence-electron chi connectivity index (χ3n) is 5.79. The van der Waals surface area contributed by atoms with Crippen molar-refractivity contribution in [1.82, 2.24) is 9.88 Å². The predicted molar refractivity (Wildman–Crippen MR) is 104 cm³/mol. The van der Waals surface area contributed by atoms with Crippen LogP contribution in [-0.4, -0.2) is 41.1 Å². The van der Waals surface area contributed by atoms with Gasteiger partial charge >= 0.3 is 0 Å². The van der Waals surface area contributed by atoms with Gasteiger partial charge in [0.2, 0.25) is 5.88 Å². The maximum Gasteiger partial charge on any atom is 0.290 e. The molecule has 2 saturated heterocycles. The predicted octanol–water partition coefficient (Wildman–Crippen LogP) is 4.05. The summed E-state index contributed by atoms with van der Waals surface area (Å²) in [6, 6.07) is 13.5. The number of carbonyl (C=O) groups is 1. The molecule has 2 aliphatic rings. The van der Waals surface area contributed by atoms with Gasteiger partial charge in [-0.3, -0.25) is 4.79 Å². The fourth-order valence-electron chi connectivity index (χ4n) is 4.57. The van der Waals surface area contributed by atoms with Crippen molar-refractivity contribution in [1.29, 1.82) is 0 Å². The van der Waals surface area contributed by atoms with Gasteiger partial charge in [0, 0.05) is 42.6 Å². The van der Waals surface area contributed by atoms with Crippen molar-refractivity contribution < 1.29 is 18.7 Å². The molecule has 6 nitrogen and oxygen atoms in total. The molecule has 0 aliphatic carbocycles. The fourth-order valence-corrected chi connectivity index (χ4v) is 4.57. The summed E-state index contributed by atoms with van der Waals surface area (Å²) in [7, 11) is 1.60. The number of carbonyl (C=O) groups excluding carboxylic acids is 1. The van der Waals surface area contributed by atoms with E-state index < -0.39 is 0 Å². The van der Waals surface area contributed by atoms with E-state index in [-0.39, 0.29) is 24.1 Å². The van der Waals surface area contributed by atoms with E-state index in [1.165, 1.54) is 0 Å². The van der Waals surface area contributed by atoms with Gasteiger partial charge in [0.15, 0.2) is 17.1 Å². The summed E-state index contributed by atoms with van der Waals surface area (Å²) in [5.74, 6) is 1.63. The molecular weight excluding hydrogens is 356 g/mol. The van der Waals surface area contributed by atoms with E-state index in [9.17, 15) is 4.79 Å². The molecule has 144 valence electrons. The highest BCUT2D eigenvalue weighted by Crippen LogP contribution is 2.39. The lowest BCUT2D eigenvalue weighted by atomic mass is 9.99. The average Bonchev–Trinajstić information content (AvgIpc) is 3.27. The van der Waals surface area contributed by atoms with Gasteiger partial charge in [-0.1, -0.05) is 18.2 Å². The van der Waals surface area contributed by atoms with Crippen molar-refractivity contribution in [3.05, 3.63) is 54.4 Å². The number of ether oxygens (including phenoxy) is 2. The highest BCUT2D eigenvalue weighted by molar-refractivity contribution is 5.97. The number of methoxy groups -OCH3 is 1. The van der Waals surface area contributed by atoms with Crippen LogP contribution >= 0.6 is 0 Å². The molecule has 2 fully saturated rings. The Bertz CT molecular complexity index is 986. The number of rotatable bonds is 4. The number of furan rings is 1. The zero-order valence-corrected chi connectivity index (χ0v) is 15.7. The maximum atomic E-state index is 13.2. The Morgan fingerprint density at radius 1 is 1.14 bits per heavy atom. The molecule has 0 radical (unpaired) electrons. The summed E-state index contributed by atoms with van der Waals surface area (Å²) < 4.78 is 17.3. The minimum Gasteiger partial charge on any atom is -0.493 e. The smallest absolute Gasteiger partial charge is 0.290 e. The summed E-state index contributed by atoms with van der Waals surface area (Å²) in [5, 5.41) is 0.878. The van der Waals surface area contributed by atoms with Crippen LogP contribution in [-0.2, 0) is 0 Å². The van der Waals surface area contributed by atoms with Gasteiger partial charge in [0.25, 0.3) is 5.91 Å². The molecule has 0 N–H and O–H groups in total. The number of hydrogen-bond donors (Lipinski definition) is 0. The SMILES string of the molecule is COc1cccc2cc(C(=O)N3C4CCC3CC(Oc3ccccn3)C4)oc12. The lowest BCUT2D eigenvalue weighted by Gasteiger charge is -2.38. The topological polar surface area (TPSA) is 64.8 Å². The van der Waals surface area contributed by atoms with Gasteiger partial charge in [-0.25, -0.2) is 4.98 Å². The van der Waals surface area contributed by atoms with Gasteiger partial charge < -0.3 is 18.8 Å². The van der Waals surface area contributed by atoms with Crippen molar-refractivity contribution in [2.45, 2.75) is 43.9 Å². The van der Waals surface area contributed by atoms with Crippen molar-refractivity contribution in [2.75, 3.05) is 7.11 Å². The van der Waals surface area contributed by atoms with E-state index in [0.29, 0.717) is 23.0 Å². The Labute approximate surface area is 163 Å².